The monoisotopic (exact) mass is 286 g/mol. The molecule has 1 aliphatic rings. The average Bonchev–Trinajstić information content (AvgIpc) is 3.08. The van der Waals surface area contributed by atoms with Gasteiger partial charge in [0.05, 0.1) is 0 Å². The first-order chi connectivity index (χ1) is 9.78. The molecule has 3 heteroatoms. The fourth-order valence-corrected chi connectivity index (χ4v) is 4.13. The lowest BCUT2D eigenvalue weighted by atomic mass is 10.0. The molecule has 2 heterocycles. The summed E-state index contributed by atoms with van der Waals surface area (Å²) < 4.78 is 2.34. The summed E-state index contributed by atoms with van der Waals surface area (Å²) in [6, 6.07) is 11.5. The molecule has 106 valence electrons. The van der Waals surface area contributed by atoms with Gasteiger partial charge in [-0.25, -0.2) is 0 Å². The summed E-state index contributed by atoms with van der Waals surface area (Å²) >= 11 is 1.99. The molecule has 20 heavy (non-hydrogen) atoms. The highest BCUT2D eigenvalue weighted by molar-refractivity contribution is 7.99. The quantitative estimate of drug-likeness (QED) is 0.893. The van der Waals surface area contributed by atoms with Gasteiger partial charge in [0.15, 0.2) is 0 Å². The van der Waals surface area contributed by atoms with Crippen molar-refractivity contribution in [2.45, 2.75) is 37.2 Å². The Kier molecular flexibility index (Phi) is 4.18. The fraction of sp³-hybridized carbons (Fsp3) is 0.412. The molecule has 0 aliphatic carbocycles. The summed E-state index contributed by atoms with van der Waals surface area (Å²) in [7, 11) is 0. The Morgan fingerprint density at radius 2 is 2.20 bits per heavy atom. The normalized spacial score (nSPS) is 19.0. The summed E-state index contributed by atoms with van der Waals surface area (Å²) in [5, 5.41) is 3.47. The van der Waals surface area contributed by atoms with Gasteiger partial charge in [-0.1, -0.05) is 25.1 Å². The molecule has 2 nitrogen and oxygen atoms in total. The third-order valence-corrected chi connectivity index (χ3v) is 5.27. The van der Waals surface area contributed by atoms with Gasteiger partial charge in [0, 0.05) is 41.5 Å². The molecular weight excluding hydrogens is 264 g/mol. The summed E-state index contributed by atoms with van der Waals surface area (Å²) in [5.74, 6) is 1.85. The van der Waals surface area contributed by atoms with Crippen LogP contribution in [-0.4, -0.2) is 16.9 Å². The molecule has 0 bridgehead atoms. The minimum Gasteiger partial charge on any atom is -0.353 e. The SMILES string of the molecule is CCNC(C)c1ccn(CC2CSc3ccccc32)c1. The summed E-state index contributed by atoms with van der Waals surface area (Å²) in [5.41, 5.74) is 2.90. The first kappa shape index (κ1) is 13.8. The van der Waals surface area contributed by atoms with Gasteiger partial charge in [-0.05, 0) is 36.7 Å². The molecular formula is C17H22N2S. The number of hydrogen-bond acceptors (Lipinski definition) is 2. The van der Waals surface area contributed by atoms with E-state index in [4.69, 9.17) is 0 Å². The maximum Gasteiger partial charge on any atom is 0.0306 e. The van der Waals surface area contributed by atoms with Crippen LogP contribution in [0, 0.1) is 0 Å². The molecule has 0 saturated heterocycles. The van der Waals surface area contributed by atoms with Gasteiger partial charge in [-0.2, -0.15) is 0 Å². The van der Waals surface area contributed by atoms with E-state index in [1.165, 1.54) is 21.8 Å². The van der Waals surface area contributed by atoms with Crippen LogP contribution < -0.4 is 5.32 Å². The molecule has 2 unspecified atom stereocenters. The highest BCUT2D eigenvalue weighted by atomic mass is 32.2. The number of thioether (sulfide) groups is 1. The minimum absolute atomic E-state index is 0.437. The summed E-state index contributed by atoms with van der Waals surface area (Å²) in [6.07, 6.45) is 4.51. The number of hydrogen-bond donors (Lipinski definition) is 1. The van der Waals surface area contributed by atoms with E-state index in [0.29, 0.717) is 12.0 Å². The minimum atomic E-state index is 0.437. The molecule has 3 rings (SSSR count). The molecule has 0 amide bonds. The van der Waals surface area contributed by atoms with Crippen LogP contribution >= 0.6 is 11.8 Å². The van der Waals surface area contributed by atoms with Gasteiger partial charge < -0.3 is 9.88 Å². The van der Waals surface area contributed by atoms with Gasteiger partial charge in [-0.15, -0.1) is 11.8 Å². The van der Waals surface area contributed by atoms with E-state index in [9.17, 15) is 0 Å². The first-order valence-corrected chi connectivity index (χ1v) is 8.37. The number of fused-ring (bicyclic) bond motifs is 1. The van der Waals surface area contributed by atoms with Crippen molar-refractivity contribution in [1.82, 2.24) is 9.88 Å². The molecule has 2 atom stereocenters. The Morgan fingerprint density at radius 1 is 1.35 bits per heavy atom. The largest absolute Gasteiger partial charge is 0.353 e. The summed E-state index contributed by atoms with van der Waals surface area (Å²) in [4.78, 5) is 1.46. The number of benzene rings is 1. The third-order valence-electron chi connectivity index (χ3n) is 4.01. The fourth-order valence-electron chi connectivity index (χ4n) is 2.89. The van der Waals surface area contributed by atoms with E-state index < -0.39 is 0 Å². The predicted octanol–water partition coefficient (Wildman–Crippen LogP) is 4.05. The lowest BCUT2D eigenvalue weighted by Crippen LogP contribution is -2.17. The van der Waals surface area contributed by atoms with Gasteiger partial charge >= 0.3 is 0 Å². The van der Waals surface area contributed by atoms with Crippen molar-refractivity contribution < 1.29 is 0 Å². The molecule has 2 aromatic rings. The highest BCUT2D eigenvalue weighted by Crippen LogP contribution is 2.40. The second-order valence-corrected chi connectivity index (χ2v) is 6.53. The van der Waals surface area contributed by atoms with Crippen LogP contribution in [0.25, 0.3) is 0 Å². The molecule has 0 radical (unpaired) electrons. The predicted molar refractivity (Wildman–Crippen MR) is 86.4 cm³/mol. The Morgan fingerprint density at radius 3 is 3.05 bits per heavy atom. The average molecular weight is 286 g/mol. The molecule has 0 spiro atoms. The van der Waals surface area contributed by atoms with E-state index in [1.54, 1.807) is 0 Å². The number of nitrogens with one attached hydrogen (secondary N) is 1. The Bertz CT molecular complexity index is 576. The molecule has 0 saturated carbocycles. The van der Waals surface area contributed by atoms with Crippen LogP contribution in [-0.2, 0) is 6.54 Å². The Balaban J connectivity index is 1.70. The number of aromatic nitrogens is 1. The van der Waals surface area contributed by atoms with Crippen molar-refractivity contribution in [1.29, 1.82) is 0 Å². The topological polar surface area (TPSA) is 17.0 Å². The lowest BCUT2D eigenvalue weighted by molar-refractivity contribution is 0.584. The smallest absolute Gasteiger partial charge is 0.0306 e. The zero-order chi connectivity index (χ0) is 13.9. The van der Waals surface area contributed by atoms with Gasteiger partial charge in [0.2, 0.25) is 0 Å². The first-order valence-electron chi connectivity index (χ1n) is 7.38. The number of rotatable bonds is 5. The van der Waals surface area contributed by atoms with Crippen LogP contribution in [0.3, 0.4) is 0 Å². The van der Waals surface area contributed by atoms with E-state index in [-0.39, 0.29) is 0 Å². The highest BCUT2D eigenvalue weighted by Gasteiger charge is 2.22. The van der Waals surface area contributed by atoms with Gasteiger partial charge in [0.1, 0.15) is 0 Å². The third kappa shape index (κ3) is 2.79. The van der Waals surface area contributed by atoms with Crippen molar-refractivity contribution in [3.05, 3.63) is 53.9 Å². The number of nitrogens with zero attached hydrogens (tertiary/aromatic N) is 1. The standard InChI is InChI=1S/C17H22N2S/c1-3-18-13(2)14-8-9-19(10-14)11-15-12-20-17-7-5-4-6-16(15)17/h4-10,13,15,18H,3,11-12H2,1-2H3. The molecule has 1 aliphatic heterocycles. The van der Waals surface area contributed by atoms with Crippen molar-refractivity contribution in [2.24, 2.45) is 0 Å². The Hall–Kier alpha value is -1.19. The summed E-state index contributed by atoms with van der Waals surface area (Å²) in [6.45, 7) is 6.48. The van der Waals surface area contributed by atoms with E-state index >= 15 is 0 Å². The molecule has 1 aromatic carbocycles. The van der Waals surface area contributed by atoms with E-state index in [1.807, 2.05) is 11.8 Å². The lowest BCUT2D eigenvalue weighted by Gasteiger charge is -2.13. The van der Waals surface area contributed by atoms with Crippen LogP contribution in [0.4, 0.5) is 0 Å². The van der Waals surface area contributed by atoms with Crippen molar-refractivity contribution in [2.75, 3.05) is 12.3 Å². The molecule has 1 N–H and O–H groups in total. The second kappa shape index (κ2) is 6.06. The van der Waals surface area contributed by atoms with Crippen LogP contribution in [0.2, 0.25) is 0 Å². The van der Waals surface area contributed by atoms with Crippen LogP contribution in [0.1, 0.15) is 36.9 Å². The maximum atomic E-state index is 3.47. The second-order valence-electron chi connectivity index (χ2n) is 5.47. The molecule has 1 aromatic heterocycles. The Labute approximate surface area is 125 Å². The molecule has 0 fully saturated rings. The van der Waals surface area contributed by atoms with Crippen molar-refractivity contribution >= 4 is 11.8 Å². The van der Waals surface area contributed by atoms with Gasteiger partial charge in [-0.3, -0.25) is 0 Å². The van der Waals surface area contributed by atoms with Crippen molar-refractivity contribution in [3.8, 4) is 0 Å². The maximum absolute atomic E-state index is 3.47. The zero-order valence-corrected chi connectivity index (χ0v) is 13.0. The van der Waals surface area contributed by atoms with Crippen LogP contribution in [0.15, 0.2) is 47.6 Å². The van der Waals surface area contributed by atoms with E-state index in [2.05, 4.69) is 66.5 Å². The van der Waals surface area contributed by atoms with Gasteiger partial charge in [0.25, 0.3) is 0 Å². The van der Waals surface area contributed by atoms with Crippen LogP contribution in [0.5, 0.6) is 0 Å². The van der Waals surface area contributed by atoms with Crippen molar-refractivity contribution in [3.63, 3.8) is 0 Å². The zero-order valence-electron chi connectivity index (χ0n) is 12.2. The van der Waals surface area contributed by atoms with E-state index in [0.717, 1.165) is 13.1 Å².